The molecule has 0 aromatic heterocycles. The highest BCUT2D eigenvalue weighted by Gasteiger charge is 2.17. The maximum atomic E-state index is 11.4. The van der Waals surface area contributed by atoms with Crippen molar-refractivity contribution in [3.63, 3.8) is 0 Å². The number of hydrogen-bond donors (Lipinski definition) is 5. The van der Waals surface area contributed by atoms with Gasteiger partial charge in [0.1, 0.15) is 0 Å². The zero-order valence-corrected chi connectivity index (χ0v) is 23.0. The average molecular weight is 534 g/mol. The average Bonchev–Trinajstić information content (AvgIpc) is 2.82. The minimum atomic E-state index is -0.980. The van der Waals surface area contributed by atoms with E-state index in [-0.39, 0.29) is 19.6 Å². The molecule has 0 saturated carbocycles. The van der Waals surface area contributed by atoms with Crippen molar-refractivity contribution >= 4 is 17.9 Å². The molecule has 0 rings (SSSR count). The van der Waals surface area contributed by atoms with Gasteiger partial charge in [0, 0.05) is 52.4 Å². The maximum absolute atomic E-state index is 11.4. The van der Waals surface area contributed by atoms with Crippen molar-refractivity contribution in [2.75, 3.05) is 98.3 Å². The summed E-state index contributed by atoms with van der Waals surface area (Å²) < 4.78 is 5.31. The van der Waals surface area contributed by atoms with E-state index in [1.54, 1.807) is 14.7 Å². The number of nitrogens with zero attached hydrogens (tertiary/aromatic N) is 3. The molecule has 0 radical (unpaired) electrons. The third kappa shape index (κ3) is 24.3. The Morgan fingerprint density at radius 1 is 0.595 bits per heavy atom. The minimum Gasteiger partial charge on any atom is -0.480 e. The Morgan fingerprint density at radius 2 is 1.03 bits per heavy atom. The Morgan fingerprint density at radius 3 is 1.46 bits per heavy atom. The van der Waals surface area contributed by atoms with Crippen molar-refractivity contribution < 1.29 is 34.4 Å². The van der Waals surface area contributed by atoms with E-state index in [1.807, 2.05) is 6.92 Å². The van der Waals surface area contributed by atoms with Crippen molar-refractivity contribution in [3.05, 3.63) is 0 Å². The van der Waals surface area contributed by atoms with Crippen LogP contribution in [0.3, 0.4) is 0 Å². The molecule has 0 unspecified atom stereocenters. The number of carboxylic acid groups (broad SMARTS) is 3. The molecule has 0 spiro atoms. The molecule has 0 atom stereocenters. The van der Waals surface area contributed by atoms with Crippen molar-refractivity contribution in [1.29, 1.82) is 0 Å². The van der Waals surface area contributed by atoms with Gasteiger partial charge in [-0.3, -0.25) is 29.1 Å². The van der Waals surface area contributed by atoms with Crippen LogP contribution in [0, 0.1) is 0 Å². The number of hydrogen-bond acceptors (Lipinski definition) is 9. The number of unbranched alkanes of at least 4 members (excludes halogenated alkanes) is 3. The number of carboxylic acids is 3. The zero-order valence-electron chi connectivity index (χ0n) is 23.0. The van der Waals surface area contributed by atoms with Gasteiger partial charge in [0.25, 0.3) is 0 Å². The first-order valence-corrected chi connectivity index (χ1v) is 13.6. The van der Waals surface area contributed by atoms with E-state index in [0.717, 1.165) is 38.9 Å². The summed E-state index contributed by atoms with van der Waals surface area (Å²) in [5, 5.41) is 34.5. The molecule has 0 saturated heterocycles. The van der Waals surface area contributed by atoms with Crippen molar-refractivity contribution in [2.45, 2.75) is 46.0 Å². The highest BCUT2D eigenvalue weighted by Crippen LogP contribution is 1.99. The lowest BCUT2D eigenvalue weighted by Crippen LogP contribution is -2.45. The molecular weight excluding hydrogens is 482 g/mol. The fourth-order valence-corrected chi connectivity index (χ4v) is 3.80. The third-order valence-corrected chi connectivity index (χ3v) is 5.79. The van der Waals surface area contributed by atoms with Crippen LogP contribution in [0.25, 0.3) is 0 Å². The minimum absolute atomic E-state index is 0.118. The van der Waals surface area contributed by atoms with Crippen LogP contribution < -0.4 is 10.6 Å². The Labute approximate surface area is 222 Å². The molecule has 5 N–H and O–H groups in total. The molecule has 0 bridgehead atoms. The smallest absolute Gasteiger partial charge is 0.317 e. The van der Waals surface area contributed by atoms with Gasteiger partial charge in [0.15, 0.2) is 0 Å². The van der Waals surface area contributed by atoms with E-state index in [1.165, 1.54) is 12.8 Å². The lowest BCUT2D eigenvalue weighted by molar-refractivity contribution is -0.140. The van der Waals surface area contributed by atoms with Gasteiger partial charge >= 0.3 is 17.9 Å². The van der Waals surface area contributed by atoms with Gasteiger partial charge in [-0.05, 0) is 45.8 Å². The molecule has 0 aliphatic carbocycles. The van der Waals surface area contributed by atoms with Crippen LogP contribution in [0.4, 0.5) is 0 Å². The van der Waals surface area contributed by atoms with Crippen LogP contribution in [0.15, 0.2) is 0 Å². The zero-order chi connectivity index (χ0) is 27.7. The highest BCUT2D eigenvalue weighted by molar-refractivity contribution is 5.69. The predicted octanol–water partition coefficient (Wildman–Crippen LogP) is 0.332. The summed E-state index contributed by atoms with van der Waals surface area (Å²) >= 11 is 0. The predicted molar refractivity (Wildman–Crippen MR) is 143 cm³/mol. The molecule has 0 aromatic carbocycles. The van der Waals surface area contributed by atoms with Gasteiger partial charge < -0.3 is 30.7 Å². The van der Waals surface area contributed by atoms with Crippen LogP contribution >= 0.6 is 0 Å². The molecule has 0 aliphatic heterocycles. The van der Waals surface area contributed by atoms with Crippen LogP contribution in [0.1, 0.15) is 46.0 Å². The fraction of sp³-hybridized carbons (Fsp3) is 0.880. The summed E-state index contributed by atoms with van der Waals surface area (Å²) in [5.41, 5.74) is 0. The van der Waals surface area contributed by atoms with Gasteiger partial charge in [-0.15, -0.1) is 0 Å². The monoisotopic (exact) mass is 533 g/mol. The Hall–Kier alpha value is -1.83. The number of nitrogens with one attached hydrogen (secondary N) is 2. The largest absolute Gasteiger partial charge is 0.480 e. The van der Waals surface area contributed by atoms with Gasteiger partial charge in [0.2, 0.25) is 0 Å². The highest BCUT2D eigenvalue weighted by atomic mass is 16.5. The molecule has 0 fully saturated rings. The molecule has 37 heavy (non-hydrogen) atoms. The second-order valence-electron chi connectivity index (χ2n) is 9.12. The molecular formula is C25H51N5O7. The fourth-order valence-electron chi connectivity index (χ4n) is 3.80. The summed E-state index contributed by atoms with van der Waals surface area (Å²) in [4.78, 5) is 39.1. The Balaban J connectivity index is 4.48. The summed E-state index contributed by atoms with van der Waals surface area (Å²) in [5.74, 6) is -2.86. The second kappa shape index (κ2) is 24.5. The van der Waals surface area contributed by atoms with E-state index in [9.17, 15) is 24.6 Å². The first-order valence-electron chi connectivity index (χ1n) is 13.6. The molecule has 0 aliphatic rings. The standard InChI is InChI=1S/C25H51N5O7/c1-3-9-26-10-7-5-6-8-11-27-12-13-28(20-23(31)32)14-15-29(21-24(33)34)16-17-30(22-25(35)36)18-19-37-4-2/h26-27H,3-22H2,1-2H3,(H,31,32)(H,33,34)(H,35,36). The summed E-state index contributed by atoms with van der Waals surface area (Å²) in [6, 6.07) is 0. The molecule has 0 amide bonds. The molecule has 218 valence electrons. The van der Waals surface area contributed by atoms with Gasteiger partial charge in [-0.1, -0.05) is 19.8 Å². The number of carbonyl (C=O) groups is 3. The van der Waals surface area contributed by atoms with Crippen LogP contribution in [0.5, 0.6) is 0 Å². The SMILES string of the molecule is CCCNCCCCCCNCCN(CCN(CCN(CCOCC)CC(=O)O)CC(=O)O)CC(=O)O. The van der Waals surface area contributed by atoms with Crippen LogP contribution in [0.2, 0.25) is 0 Å². The van der Waals surface area contributed by atoms with Gasteiger partial charge in [0.05, 0.1) is 26.2 Å². The summed E-state index contributed by atoms with van der Waals surface area (Å²) in [7, 11) is 0. The first kappa shape index (κ1) is 35.2. The van der Waals surface area contributed by atoms with Crippen molar-refractivity contribution in [2.24, 2.45) is 0 Å². The molecule has 12 nitrogen and oxygen atoms in total. The lowest BCUT2D eigenvalue weighted by Gasteiger charge is -2.28. The lowest BCUT2D eigenvalue weighted by atomic mass is 10.2. The summed E-state index contributed by atoms with van der Waals surface area (Å²) in [6.07, 6.45) is 5.77. The van der Waals surface area contributed by atoms with E-state index in [4.69, 9.17) is 9.84 Å². The third-order valence-electron chi connectivity index (χ3n) is 5.79. The molecule has 0 aromatic rings. The molecule has 0 heterocycles. The first-order chi connectivity index (χ1) is 17.8. The van der Waals surface area contributed by atoms with E-state index in [2.05, 4.69) is 17.6 Å². The van der Waals surface area contributed by atoms with E-state index in [0.29, 0.717) is 59.0 Å². The number of ether oxygens (including phenoxy) is 1. The van der Waals surface area contributed by atoms with E-state index >= 15 is 0 Å². The van der Waals surface area contributed by atoms with Crippen LogP contribution in [-0.2, 0) is 19.1 Å². The topological polar surface area (TPSA) is 155 Å². The van der Waals surface area contributed by atoms with Crippen molar-refractivity contribution in [1.82, 2.24) is 25.3 Å². The van der Waals surface area contributed by atoms with Crippen LogP contribution in [-0.4, -0.2) is 146 Å². The van der Waals surface area contributed by atoms with Gasteiger partial charge in [-0.2, -0.15) is 0 Å². The van der Waals surface area contributed by atoms with Crippen molar-refractivity contribution in [3.8, 4) is 0 Å². The number of aliphatic carboxylic acids is 3. The number of rotatable bonds is 28. The second-order valence-corrected chi connectivity index (χ2v) is 9.12. The quantitative estimate of drug-likeness (QED) is 0.0880. The van der Waals surface area contributed by atoms with Gasteiger partial charge in [-0.25, -0.2) is 0 Å². The Bertz CT molecular complexity index is 598. The Kier molecular flexibility index (Phi) is 23.3. The normalized spacial score (nSPS) is 11.6. The molecule has 12 heteroatoms. The van der Waals surface area contributed by atoms with E-state index < -0.39 is 17.9 Å². The maximum Gasteiger partial charge on any atom is 0.317 e. The summed E-state index contributed by atoms with van der Waals surface area (Å²) in [6.45, 7) is 10.7.